The number of aromatic nitrogens is 2. The molecule has 0 radical (unpaired) electrons. The second-order valence-corrected chi connectivity index (χ2v) is 3.26. The van der Waals surface area contributed by atoms with Crippen LogP contribution in [0.25, 0.3) is 10.9 Å². The average Bonchev–Trinajstić information content (AvgIpc) is 2.23. The first-order valence-corrected chi connectivity index (χ1v) is 4.77. The number of rotatable bonds is 2. The van der Waals surface area contributed by atoms with Crippen LogP contribution in [0.4, 0.5) is 0 Å². The normalized spacial score (nSPS) is 10.6. The Kier molecular flexibility index (Phi) is 2.31. The van der Waals surface area contributed by atoms with Gasteiger partial charge in [-0.15, -0.1) is 0 Å². The maximum Gasteiger partial charge on any atom is 0.261 e. The van der Waals surface area contributed by atoms with Crippen LogP contribution in [0.3, 0.4) is 0 Å². The van der Waals surface area contributed by atoms with Crippen molar-refractivity contribution in [3.05, 3.63) is 40.9 Å². The van der Waals surface area contributed by atoms with Gasteiger partial charge in [0, 0.05) is 6.54 Å². The average molecular weight is 188 g/mol. The van der Waals surface area contributed by atoms with Gasteiger partial charge in [-0.2, -0.15) is 0 Å². The fourth-order valence-electron chi connectivity index (χ4n) is 1.51. The molecule has 1 aromatic heterocycles. The molecule has 0 aliphatic carbocycles. The quantitative estimate of drug-likeness (QED) is 0.720. The van der Waals surface area contributed by atoms with Gasteiger partial charge in [-0.25, -0.2) is 4.98 Å². The Hall–Kier alpha value is -1.64. The molecule has 0 saturated carbocycles. The van der Waals surface area contributed by atoms with E-state index in [0.717, 1.165) is 18.5 Å². The summed E-state index contributed by atoms with van der Waals surface area (Å²) in [5.41, 5.74) is 0.822. The third-order valence-electron chi connectivity index (χ3n) is 2.20. The lowest BCUT2D eigenvalue weighted by atomic mass is 10.2. The van der Waals surface area contributed by atoms with Crippen molar-refractivity contribution < 1.29 is 0 Å². The van der Waals surface area contributed by atoms with Crippen molar-refractivity contribution in [2.24, 2.45) is 0 Å². The number of hydrogen-bond acceptors (Lipinski definition) is 2. The molecule has 72 valence electrons. The SMILES string of the molecule is CCCn1cnc2ccccc2c1=O. The molecule has 0 N–H and O–H groups in total. The Bertz CT molecular complexity index is 502. The number of fused-ring (bicyclic) bond motifs is 1. The van der Waals surface area contributed by atoms with Gasteiger partial charge >= 0.3 is 0 Å². The van der Waals surface area contributed by atoms with Gasteiger partial charge in [0.1, 0.15) is 0 Å². The van der Waals surface area contributed by atoms with Gasteiger partial charge in [0.25, 0.3) is 5.56 Å². The van der Waals surface area contributed by atoms with Crippen LogP contribution < -0.4 is 5.56 Å². The molecule has 0 aliphatic heterocycles. The molecule has 0 aliphatic rings. The van der Waals surface area contributed by atoms with E-state index in [9.17, 15) is 4.79 Å². The van der Waals surface area contributed by atoms with Crippen LogP contribution >= 0.6 is 0 Å². The van der Waals surface area contributed by atoms with Gasteiger partial charge in [0.2, 0.25) is 0 Å². The van der Waals surface area contributed by atoms with E-state index >= 15 is 0 Å². The maximum atomic E-state index is 11.8. The van der Waals surface area contributed by atoms with Crippen molar-refractivity contribution in [1.29, 1.82) is 0 Å². The molecule has 14 heavy (non-hydrogen) atoms. The fourth-order valence-corrected chi connectivity index (χ4v) is 1.51. The minimum Gasteiger partial charge on any atom is -0.299 e. The highest BCUT2D eigenvalue weighted by Gasteiger charge is 2.01. The predicted octanol–water partition coefficient (Wildman–Crippen LogP) is 1.81. The van der Waals surface area contributed by atoms with Crippen LogP contribution in [0.15, 0.2) is 35.4 Å². The molecule has 1 aromatic carbocycles. The molecular weight excluding hydrogens is 176 g/mol. The van der Waals surface area contributed by atoms with E-state index in [1.54, 1.807) is 10.9 Å². The Labute approximate surface area is 82.0 Å². The van der Waals surface area contributed by atoms with Crippen molar-refractivity contribution in [2.45, 2.75) is 19.9 Å². The lowest BCUT2D eigenvalue weighted by molar-refractivity contribution is 0.648. The number of nitrogens with zero attached hydrogens (tertiary/aromatic N) is 2. The molecule has 1 heterocycles. The molecule has 0 spiro atoms. The molecule has 3 heteroatoms. The standard InChI is InChI=1S/C11H12N2O/c1-2-7-13-8-12-10-6-4-3-5-9(10)11(13)14/h3-6,8H,2,7H2,1H3. The second kappa shape index (κ2) is 3.62. The summed E-state index contributed by atoms with van der Waals surface area (Å²) < 4.78 is 1.66. The van der Waals surface area contributed by atoms with E-state index in [2.05, 4.69) is 4.98 Å². The van der Waals surface area contributed by atoms with E-state index in [0.29, 0.717) is 5.39 Å². The third-order valence-corrected chi connectivity index (χ3v) is 2.20. The molecule has 2 rings (SSSR count). The lowest BCUT2D eigenvalue weighted by Crippen LogP contribution is -2.20. The summed E-state index contributed by atoms with van der Waals surface area (Å²) >= 11 is 0. The molecule has 0 amide bonds. The first-order valence-electron chi connectivity index (χ1n) is 4.77. The Morgan fingerprint density at radius 3 is 2.93 bits per heavy atom. The summed E-state index contributed by atoms with van der Waals surface area (Å²) in [5.74, 6) is 0. The number of benzene rings is 1. The van der Waals surface area contributed by atoms with E-state index < -0.39 is 0 Å². The molecular formula is C11H12N2O. The smallest absolute Gasteiger partial charge is 0.261 e. The summed E-state index contributed by atoms with van der Waals surface area (Å²) in [6.45, 7) is 2.78. The van der Waals surface area contributed by atoms with Crippen molar-refractivity contribution in [3.63, 3.8) is 0 Å². The topological polar surface area (TPSA) is 34.9 Å². The highest BCUT2D eigenvalue weighted by molar-refractivity contribution is 5.76. The highest BCUT2D eigenvalue weighted by atomic mass is 16.1. The van der Waals surface area contributed by atoms with Gasteiger partial charge in [-0.3, -0.25) is 9.36 Å². The number of para-hydroxylation sites is 1. The predicted molar refractivity (Wildman–Crippen MR) is 56.3 cm³/mol. The molecule has 2 aromatic rings. The van der Waals surface area contributed by atoms with Crippen LogP contribution in [0.2, 0.25) is 0 Å². The van der Waals surface area contributed by atoms with Crippen LogP contribution in [-0.2, 0) is 6.54 Å². The minimum atomic E-state index is 0.0532. The molecule has 3 nitrogen and oxygen atoms in total. The summed E-state index contributed by atoms with van der Waals surface area (Å²) in [5, 5.41) is 0.698. The Balaban J connectivity index is 2.69. The third kappa shape index (κ3) is 1.41. The monoisotopic (exact) mass is 188 g/mol. The maximum absolute atomic E-state index is 11.8. The molecule has 0 unspecified atom stereocenters. The summed E-state index contributed by atoms with van der Waals surface area (Å²) in [7, 11) is 0. The van der Waals surface area contributed by atoms with Gasteiger partial charge in [-0.1, -0.05) is 19.1 Å². The zero-order valence-electron chi connectivity index (χ0n) is 8.10. The summed E-state index contributed by atoms with van der Waals surface area (Å²) in [6.07, 6.45) is 2.56. The number of aryl methyl sites for hydroxylation is 1. The molecule has 0 atom stereocenters. The van der Waals surface area contributed by atoms with Crippen LogP contribution in [0, 0.1) is 0 Å². The molecule has 0 fully saturated rings. The van der Waals surface area contributed by atoms with Gasteiger partial charge in [0.05, 0.1) is 17.2 Å². The Morgan fingerprint density at radius 2 is 2.14 bits per heavy atom. The first kappa shape index (κ1) is 8.94. The zero-order valence-corrected chi connectivity index (χ0v) is 8.10. The second-order valence-electron chi connectivity index (χ2n) is 3.26. The van der Waals surface area contributed by atoms with Gasteiger partial charge in [0.15, 0.2) is 0 Å². The van der Waals surface area contributed by atoms with Gasteiger partial charge < -0.3 is 0 Å². The van der Waals surface area contributed by atoms with Crippen LogP contribution in [0.5, 0.6) is 0 Å². The number of hydrogen-bond donors (Lipinski definition) is 0. The lowest BCUT2D eigenvalue weighted by Gasteiger charge is -2.03. The van der Waals surface area contributed by atoms with E-state index in [-0.39, 0.29) is 5.56 Å². The van der Waals surface area contributed by atoms with E-state index in [1.165, 1.54) is 0 Å². The van der Waals surface area contributed by atoms with E-state index in [4.69, 9.17) is 0 Å². The van der Waals surface area contributed by atoms with Crippen molar-refractivity contribution in [2.75, 3.05) is 0 Å². The van der Waals surface area contributed by atoms with Crippen LogP contribution in [0.1, 0.15) is 13.3 Å². The largest absolute Gasteiger partial charge is 0.299 e. The Morgan fingerprint density at radius 1 is 1.36 bits per heavy atom. The van der Waals surface area contributed by atoms with Crippen molar-refractivity contribution in [1.82, 2.24) is 9.55 Å². The summed E-state index contributed by atoms with van der Waals surface area (Å²) in [4.78, 5) is 16.1. The van der Waals surface area contributed by atoms with Crippen molar-refractivity contribution >= 4 is 10.9 Å². The van der Waals surface area contributed by atoms with Crippen LogP contribution in [-0.4, -0.2) is 9.55 Å². The molecule has 0 bridgehead atoms. The minimum absolute atomic E-state index is 0.0532. The van der Waals surface area contributed by atoms with E-state index in [1.807, 2.05) is 31.2 Å². The zero-order chi connectivity index (χ0) is 9.97. The van der Waals surface area contributed by atoms with Gasteiger partial charge in [-0.05, 0) is 18.6 Å². The first-order chi connectivity index (χ1) is 6.83. The fraction of sp³-hybridized carbons (Fsp3) is 0.273. The van der Waals surface area contributed by atoms with Crippen molar-refractivity contribution in [3.8, 4) is 0 Å². The molecule has 0 saturated heterocycles. The summed E-state index contributed by atoms with van der Waals surface area (Å²) in [6, 6.07) is 7.42. The highest BCUT2D eigenvalue weighted by Crippen LogP contribution is 2.04.